The van der Waals surface area contributed by atoms with Crippen LogP contribution in [0.3, 0.4) is 0 Å². The van der Waals surface area contributed by atoms with Gasteiger partial charge in [0, 0.05) is 6.07 Å². The van der Waals surface area contributed by atoms with Gasteiger partial charge in [-0.15, -0.1) is 0 Å². The lowest BCUT2D eigenvalue weighted by Crippen LogP contribution is -2.18. The lowest BCUT2D eigenvalue weighted by molar-refractivity contribution is 0.0984. The van der Waals surface area contributed by atoms with Crippen LogP contribution in [0.25, 0.3) is 0 Å². The van der Waals surface area contributed by atoms with Gasteiger partial charge in [-0.05, 0) is 0 Å². The van der Waals surface area contributed by atoms with Gasteiger partial charge in [0.25, 0.3) is 12.3 Å². The topological polar surface area (TPSA) is 108 Å². The van der Waals surface area contributed by atoms with Crippen molar-refractivity contribution in [1.82, 2.24) is 4.98 Å². The molecule has 14 heavy (non-hydrogen) atoms. The summed E-state index contributed by atoms with van der Waals surface area (Å²) in [5, 5.41) is 0. The number of nitrogens with zero attached hydrogens (tertiary/aromatic N) is 1. The number of primary amides is 1. The molecule has 0 saturated carbocycles. The largest absolute Gasteiger partial charge is 0.398 e. The SMILES string of the molecule is NC(=O)c1c(N)cc(N)nc1C(F)F. The molecular formula is C7H8F2N4O. The lowest BCUT2D eigenvalue weighted by atomic mass is 10.1. The molecule has 0 bridgehead atoms. The Morgan fingerprint density at radius 2 is 2.00 bits per heavy atom. The summed E-state index contributed by atoms with van der Waals surface area (Å²) in [7, 11) is 0. The fraction of sp³-hybridized carbons (Fsp3) is 0.143. The second-order valence-corrected chi connectivity index (χ2v) is 2.56. The van der Waals surface area contributed by atoms with Crippen molar-refractivity contribution in [3.8, 4) is 0 Å². The van der Waals surface area contributed by atoms with Crippen LogP contribution in [0.2, 0.25) is 0 Å². The van der Waals surface area contributed by atoms with Gasteiger partial charge in [0.15, 0.2) is 0 Å². The first-order valence-electron chi connectivity index (χ1n) is 3.57. The molecule has 0 fully saturated rings. The Bertz CT molecular complexity index is 380. The van der Waals surface area contributed by atoms with Crippen molar-refractivity contribution < 1.29 is 13.6 Å². The van der Waals surface area contributed by atoms with Crippen LogP contribution in [0.4, 0.5) is 20.3 Å². The highest BCUT2D eigenvalue weighted by atomic mass is 19.3. The highest BCUT2D eigenvalue weighted by Gasteiger charge is 2.21. The maximum Gasteiger partial charge on any atom is 0.281 e. The molecule has 0 aliphatic heterocycles. The lowest BCUT2D eigenvalue weighted by Gasteiger charge is -2.08. The number of nitrogens with two attached hydrogens (primary N) is 3. The van der Waals surface area contributed by atoms with Gasteiger partial charge in [0.05, 0.1) is 11.3 Å². The Morgan fingerprint density at radius 1 is 1.43 bits per heavy atom. The highest BCUT2D eigenvalue weighted by Crippen LogP contribution is 2.26. The van der Waals surface area contributed by atoms with E-state index in [1.807, 2.05) is 0 Å². The molecule has 5 nitrogen and oxygen atoms in total. The molecule has 76 valence electrons. The van der Waals surface area contributed by atoms with E-state index in [1.54, 1.807) is 0 Å². The number of rotatable bonds is 2. The quantitative estimate of drug-likeness (QED) is 0.640. The van der Waals surface area contributed by atoms with Gasteiger partial charge >= 0.3 is 0 Å². The van der Waals surface area contributed by atoms with Gasteiger partial charge in [0.1, 0.15) is 11.5 Å². The van der Waals surface area contributed by atoms with Gasteiger partial charge in [-0.25, -0.2) is 13.8 Å². The third-order valence-corrected chi connectivity index (χ3v) is 1.55. The molecule has 7 heteroatoms. The number of hydrogen-bond donors (Lipinski definition) is 3. The summed E-state index contributed by atoms with van der Waals surface area (Å²) in [6.07, 6.45) is -2.94. The van der Waals surface area contributed by atoms with Crippen molar-refractivity contribution in [1.29, 1.82) is 0 Å². The van der Waals surface area contributed by atoms with E-state index in [4.69, 9.17) is 17.2 Å². The third-order valence-electron chi connectivity index (χ3n) is 1.55. The van der Waals surface area contributed by atoms with Crippen LogP contribution < -0.4 is 17.2 Å². The summed E-state index contributed by atoms with van der Waals surface area (Å²) in [6, 6.07) is 1.10. The summed E-state index contributed by atoms with van der Waals surface area (Å²) in [5.74, 6) is -1.23. The molecule has 0 spiro atoms. The van der Waals surface area contributed by atoms with Crippen LogP contribution in [0.1, 0.15) is 22.5 Å². The molecular weight excluding hydrogens is 194 g/mol. The molecule has 0 aromatic carbocycles. The number of hydrogen-bond acceptors (Lipinski definition) is 4. The zero-order chi connectivity index (χ0) is 10.9. The first kappa shape index (κ1) is 10.2. The van der Waals surface area contributed by atoms with Gasteiger partial charge in [-0.2, -0.15) is 0 Å². The number of aromatic nitrogens is 1. The minimum absolute atomic E-state index is 0.178. The van der Waals surface area contributed by atoms with Crippen LogP contribution in [0, 0.1) is 0 Å². The van der Waals surface area contributed by atoms with E-state index < -0.39 is 23.6 Å². The van der Waals surface area contributed by atoms with Crippen molar-refractivity contribution in [3.63, 3.8) is 0 Å². The number of nitrogen functional groups attached to an aromatic ring is 2. The predicted molar refractivity (Wildman–Crippen MR) is 46.5 cm³/mol. The number of alkyl halides is 2. The molecule has 1 heterocycles. The van der Waals surface area contributed by atoms with Crippen LogP contribution >= 0.6 is 0 Å². The van der Waals surface area contributed by atoms with E-state index in [0.29, 0.717) is 0 Å². The minimum atomic E-state index is -2.94. The van der Waals surface area contributed by atoms with Gasteiger partial charge in [0.2, 0.25) is 0 Å². The van der Waals surface area contributed by atoms with Gasteiger partial charge < -0.3 is 17.2 Å². The molecule has 0 unspecified atom stereocenters. The molecule has 6 N–H and O–H groups in total. The van der Waals surface area contributed by atoms with Crippen molar-refractivity contribution in [2.45, 2.75) is 6.43 Å². The number of carbonyl (C=O) groups is 1. The third kappa shape index (κ3) is 1.70. The second-order valence-electron chi connectivity index (χ2n) is 2.56. The van der Waals surface area contributed by atoms with E-state index in [-0.39, 0.29) is 11.5 Å². The summed E-state index contributed by atoms with van der Waals surface area (Å²) in [4.78, 5) is 14.1. The Morgan fingerprint density at radius 3 is 2.43 bits per heavy atom. The molecule has 1 aromatic heterocycles. The number of carbonyl (C=O) groups excluding carboxylic acids is 1. The predicted octanol–water partition coefficient (Wildman–Crippen LogP) is 0.282. The number of amides is 1. The van der Waals surface area contributed by atoms with Crippen molar-refractivity contribution in [2.75, 3.05) is 11.5 Å². The smallest absolute Gasteiger partial charge is 0.281 e. The number of anilines is 2. The molecule has 0 atom stereocenters. The first-order chi connectivity index (χ1) is 6.43. The first-order valence-corrected chi connectivity index (χ1v) is 3.57. The molecule has 0 aliphatic carbocycles. The normalized spacial score (nSPS) is 10.5. The van der Waals surface area contributed by atoms with E-state index in [1.165, 1.54) is 0 Å². The zero-order valence-electron chi connectivity index (χ0n) is 7.00. The molecule has 1 aromatic rings. The van der Waals surface area contributed by atoms with Crippen molar-refractivity contribution in [2.24, 2.45) is 5.73 Å². The molecule has 0 radical (unpaired) electrons. The molecule has 0 aliphatic rings. The Kier molecular flexibility index (Phi) is 2.50. The minimum Gasteiger partial charge on any atom is -0.398 e. The van der Waals surface area contributed by atoms with Crippen LogP contribution in [-0.4, -0.2) is 10.9 Å². The van der Waals surface area contributed by atoms with Crippen LogP contribution in [-0.2, 0) is 0 Å². The van der Waals surface area contributed by atoms with Crippen LogP contribution in [0.15, 0.2) is 6.07 Å². The average Bonchev–Trinajstić information content (AvgIpc) is 2.01. The second kappa shape index (κ2) is 3.44. The van der Waals surface area contributed by atoms with Gasteiger partial charge in [-0.3, -0.25) is 4.79 Å². The maximum absolute atomic E-state index is 12.4. The average molecular weight is 202 g/mol. The summed E-state index contributed by atoms with van der Waals surface area (Å²) >= 11 is 0. The fourth-order valence-corrected chi connectivity index (χ4v) is 1.03. The monoisotopic (exact) mass is 202 g/mol. The van der Waals surface area contributed by atoms with E-state index in [0.717, 1.165) is 6.07 Å². The molecule has 0 saturated heterocycles. The van der Waals surface area contributed by atoms with E-state index in [2.05, 4.69) is 4.98 Å². The maximum atomic E-state index is 12.4. The van der Waals surface area contributed by atoms with E-state index >= 15 is 0 Å². The Balaban J connectivity index is 3.44. The molecule has 1 rings (SSSR count). The highest BCUT2D eigenvalue weighted by molar-refractivity contribution is 5.99. The van der Waals surface area contributed by atoms with Crippen molar-refractivity contribution >= 4 is 17.4 Å². The summed E-state index contributed by atoms with van der Waals surface area (Å²) in [5.41, 5.74) is 13.9. The number of halogens is 2. The summed E-state index contributed by atoms with van der Waals surface area (Å²) in [6.45, 7) is 0. The standard InChI is InChI=1S/C7H8F2N4O/c8-6(9)5-4(7(12)14)2(10)1-3(11)13-5/h1,6H,(H2,12,14)(H4,10,11,13). The number of pyridine rings is 1. The van der Waals surface area contributed by atoms with Gasteiger partial charge in [-0.1, -0.05) is 0 Å². The van der Waals surface area contributed by atoms with Crippen molar-refractivity contribution in [3.05, 3.63) is 17.3 Å². The zero-order valence-corrected chi connectivity index (χ0v) is 7.00. The summed E-state index contributed by atoms with van der Waals surface area (Å²) < 4.78 is 24.7. The van der Waals surface area contributed by atoms with Crippen LogP contribution in [0.5, 0.6) is 0 Å². The molecule has 1 amide bonds. The van der Waals surface area contributed by atoms with E-state index in [9.17, 15) is 13.6 Å². The Hall–Kier alpha value is -1.92. The fourth-order valence-electron chi connectivity index (χ4n) is 1.03. The Labute approximate surface area is 77.9 Å².